The van der Waals surface area contributed by atoms with E-state index in [9.17, 15) is 9.90 Å². The molecule has 1 amide bonds. The minimum atomic E-state index is -0.856. The van der Waals surface area contributed by atoms with E-state index in [-0.39, 0.29) is 18.7 Å². The second-order valence-electron chi connectivity index (χ2n) is 9.51. The number of hydrogen-bond acceptors (Lipinski definition) is 6. The second-order valence-corrected chi connectivity index (χ2v) is 9.51. The minimum absolute atomic E-state index is 0.216. The van der Waals surface area contributed by atoms with Crippen molar-refractivity contribution in [3.8, 4) is 0 Å². The van der Waals surface area contributed by atoms with Crippen molar-refractivity contribution in [1.29, 1.82) is 0 Å². The smallest absolute Gasteiger partial charge is 0.412 e. The number of rotatable bonds is 10. The first-order chi connectivity index (χ1) is 15.4. The summed E-state index contributed by atoms with van der Waals surface area (Å²) in [5.41, 5.74) is 0.0900. The molecule has 0 bridgehead atoms. The Bertz CT molecular complexity index is 693. The van der Waals surface area contributed by atoms with Gasteiger partial charge >= 0.3 is 6.09 Å². The standard InChI is InChI=1S/C25H40N2O5/c1-25(2)27(24(29)31-18-20-12-8-5-9-13-20)21(16-19-10-6-4-7-11-19)23(32-25)22(28)17-26-14-15-30-3/h5,8-9,12-13,19,21-23,26,28H,4,6-7,10-11,14-18H2,1-3H3/t21-,22?,23?/m0/s1. The number of amides is 1. The monoisotopic (exact) mass is 448 g/mol. The van der Waals surface area contributed by atoms with Crippen molar-refractivity contribution in [2.75, 3.05) is 26.8 Å². The Kier molecular flexibility index (Phi) is 9.34. The van der Waals surface area contributed by atoms with Gasteiger partial charge in [0.05, 0.1) is 18.8 Å². The van der Waals surface area contributed by atoms with Crippen LogP contribution in [0.5, 0.6) is 0 Å². The average molecular weight is 449 g/mol. The predicted molar refractivity (Wildman–Crippen MR) is 123 cm³/mol. The van der Waals surface area contributed by atoms with Crippen LogP contribution in [0.15, 0.2) is 30.3 Å². The highest BCUT2D eigenvalue weighted by Gasteiger charge is 2.53. The number of nitrogens with zero attached hydrogens (tertiary/aromatic N) is 1. The number of hydrogen-bond donors (Lipinski definition) is 2. The summed E-state index contributed by atoms with van der Waals surface area (Å²) in [5, 5.41) is 14.2. The molecule has 7 nitrogen and oxygen atoms in total. The first-order valence-electron chi connectivity index (χ1n) is 12.0. The maximum Gasteiger partial charge on any atom is 0.412 e. The lowest BCUT2D eigenvalue weighted by Crippen LogP contribution is -2.51. The molecule has 1 aliphatic heterocycles. The highest BCUT2D eigenvalue weighted by Crippen LogP contribution is 2.40. The van der Waals surface area contributed by atoms with Gasteiger partial charge in [0.25, 0.3) is 0 Å². The van der Waals surface area contributed by atoms with E-state index in [1.807, 2.05) is 44.2 Å². The molecule has 32 heavy (non-hydrogen) atoms. The number of aliphatic hydroxyl groups excluding tert-OH is 1. The molecule has 0 radical (unpaired) electrons. The van der Waals surface area contributed by atoms with Gasteiger partial charge in [-0.2, -0.15) is 0 Å². The summed E-state index contributed by atoms with van der Waals surface area (Å²) >= 11 is 0. The van der Waals surface area contributed by atoms with Crippen LogP contribution >= 0.6 is 0 Å². The summed E-state index contributed by atoms with van der Waals surface area (Å²) in [7, 11) is 1.65. The van der Waals surface area contributed by atoms with E-state index in [1.165, 1.54) is 32.1 Å². The number of ether oxygens (including phenoxy) is 3. The fraction of sp³-hybridized carbons (Fsp3) is 0.720. The molecule has 2 aliphatic rings. The third-order valence-electron chi connectivity index (χ3n) is 6.63. The fourth-order valence-corrected chi connectivity index (χ4v) is 5.04. The highest BCUT2D eigenvalue weighted by molar-refractivity contribution is 5.69. The van der Waals surface area contributed by atoms with Crippen molar-refractivity contribution in [2.45, 2.75) is 83.0 Å². The lowest BCUT2D eigenvalue weighted by atomic mass is 9.83. The molecule has 0 aromatic heterocycles. The van der Waals surface area contributed by atoms with Crippen LogP contribution in [0.2, 0.25) is 0 Å². The van der Waals surface area contributed by atoms with E-state index in [1.54, 1.807) is 12.0 Å². The number of carbonyl (C=O) groups is 1. The summed E-state index contributed by atoms with van der Waals surface area (Å²) in [5.74, 6) is 0.534. The second kappa shape index (κ2) is 12.0. The van der Waals surface area contributed by atoms with E-state index in [0.717, 1.165) is 12.0 Å². The molecule has 3 atom stereocenters. The Morgan fingerprint density at radius 2 is 1.97 bits per heavy atom. The van der Waals surface area contributed by atoms with Crippen LogP contribution in [-0.4, -0.2) is 66.9 Å². The Hall–Kier alpha value is -1.67. The van der Waals surface area contributed by atoms with Gasteiger partial charge in [-0.15, -0.1) is 0 Å². The van der Waals surface area contributed by atoms with Crippen LogP contribution in [0, 0.1) is 5.92 Å². The molecular formula is C25H40N2O5. The normalized spacial score (nSPS) is 24.4. The van der Waals surface area contributed by atoms with Gasteiger partial charge in [-0.05, 0) is 31.7 Å². The zero-order chi connectivity index (χ0) is 23.0. The van der Waals surface area contributed by atoms with Crippen LogP contribution in [-0.2, 0) is 20.8 Å². The first kappa shape index (κ1) is 25.0. The Morgan fingerprint density at radius 3 is 2.66 bits per heavy atom. The molecule has 2 N–H and O–H groups in total. The van der Waals surface area contributed by atoms with Crippen LogP contribution in [0.3, 0.4) is 0 Å². The number of carbonyl (C=O) groups excluding carboxylic acids is 1. The quantitative estimate of drug-likeness (QED) is 0.532. The van der Waals surface area contributed by atoms with E-state index in [4.69, 9.17) is 14.2 Å². The van der Waals surface area contributed by atoms with Gasteiger partial charge in [-0.3, -0.25) is 4.90 Å². The minimum Gasteiger partial charge on any atom is -0.444 e. The molecule has 0 spiro atoms. The molecular weight excluding hydrogens is 408 g/mol. The molecule has 7 heteroatoms. The van der Waals surface area contributed by atoms with E-state index in [2.05, 4.69) is 5.32 Å². The SMILES string of the molecule is COCCNCC(O)C1OC(C)(C)N(C(=O)OCc2ccccc2)[C@H]1CC1CCCCC1. The van der Waals surface area contributed by atoms with Gasteiger partial charge in [0.15, 0.2) is 0 Å². The van der Waals surface area contributed by atoms with Crippen molar-refractivity contribution in [3.63, 3.8) is 0 Å². The van der Waals surface area contributed by atoms with Crippen molar-refractivity contribution in [2.24, 2.45) is 5.92 Å². The van der Waals surface area contributed by atoms with Gasteiger partial charge in [0.1, 0.15) is 18.4 Å². The zero-order valence-electron chi connectivity index (χ0n) is 19.8. The highest BCUT2D eigenvalue weighted by atomic mass is 16.6. The topological polar surface area (TPSA) is 80.3 Å². The summed E-state index contributed by atoms with van der Waals surface area (Å²) in [6, 6.07) is 9.46. The third kappa shape index (κ3) is 6.67. The summed E-state index contributed by atoms with van der Waals surface area (Å²) in [6.45, 7) is 5.60. The molecule has 1 saturated heterocycles. The zero-order valence-corrected chi connectivity index (χ0v) is 19.8. The molecule has 2 fully saturated rings. The number of methoxy groups -OCH3 is 1. The summed E-state index contributed by atoms with van der Waals surface area (Å²) in [6.07, 6.45) is 5.31. The van der Waals surface area contributed by atoms with Crippen molar-refractivity contribution in [1.82, 2.24) is 10.2 Å². The van der Waals surface area contributed by atoms with Crippen molar-refractivity contribution < 1.29 is 24.1 Å². The van der Waals surface area contributed by atoms with Gasteiger partial charge in [0, 0.05) is 20.2 Å². The molecule has 1 saturated carbocycles. The maximum atomic E-state index is 13.3. The summed E-state index contributed by atoms with van der Waals surface area (Å²) < 4.78 is 17.1. The lowest BCUT2D eigenvalue weighted by molar-refractivity contribution is -0.0988. The average Bonchev–Trinajstić information content (AvgIpc) is 3.06. The number of nitrogens with one attached hydrogen (secondary N) is 1. The molecule has 1 aliphatic carbocycles. The molecule has 1 heterocycles. The van der Waals surface area contributed by atoms with Gasteiger partial charge < -0.3 is 24.6 Å². The Labute approximate surface area is 192 Å². The maximum absolute atomic E-state index is 13.3. The number of benzene rings is 1. The predicted octanol–water partition coefficient (Wildman–Crippen LogP) is 3.70. The van der Waals surface area contributed by atoms with Gasteiger partial charge in [-0.1, -0.05) is 62.4 Å². The van der Waals surface area contributed by atoms with Gasteiger partial charge in [0.2, 0.25) is 0 Å². The Morgan fingerprint density at radius 1 is 1.25 bits per heavy atom. The Balaban J connectivity index is 1.72. The molecule has 180 valence electrons. The molecule has 3 rings (SSSR count). The largest absolute Gasteiger partial charge is 0.444 e. The van der Waals surface area contributed by atoms with E-state index in [0.29, 0.717) is 25.6 Å². The fourth-order valence-electron chi connectivity index (χ4n) is 5.04. The van der Waals surface area contributed by atoms with Crippen molar-refractivity contribution in [3.05, 3.63) is 35.9 Å². The molecule has 1 aromatic carbocycles. The van der Waals surface area contributed by atoms with Crippen LogP contribution in [0.25, 0.3) is 0 Å². The van der Waals surface area contributed by atoms with Crippen LogP contribution < -0.4 is 5.32 Å². The lowest BCUT2D eigenvalue weighted by Gasteiger charge is -2.35. The molecule has 2 unspecified atom stereocenters. The van der Waals surface area contributed by atoms with Crippen LogP contribution in [0.4, 0.5) is 4.79 Å². The van der Waals surface area contributed by atoms with Crippen molar-refractivity contribution >= 4 is 6.09 Å². The molecule has 1 aromatic rings. The van der Waals surface area contributed by atoms with Crippen LogP contribution in [0.1, 0.15) is 57.9 Å². The summed E-state index contributed by atoms with van der Waals surface area (Å²) in [4.78, 5) is 15.0. The van der Waals surface area contributed by atoms with E-state index >= 15 is 0 Å². The van der Waals surface area contributed by atoms with Gasteiger partial charge in [-0.25, -0.2) is 4.79 Å². The van der Waals surface area contributed by atoms with E-state index < -0.39 is 17.9 Å². The third-order valence-corrected chi connectivity index (χ3v) is 6.63. The number of aliphatic hydroxyl groups is 1. The first-order valence-corrected chi connectivity index (χ1v) is 12.0.